The molecule has 1 aromatic heterocycles. The Hall–Kier alpha value is -2.77. The maximum absolute atomic E-state index is 12.9. The number of nitrogens with zero attached hydrogens (tertiary/aromatic N) is 3. The molecule has 0 bridgehead atoms. The van der Waals surface area contributed by atoms with Gasteiger partial charge in [-0.25, -0.2) is 4.39 Å². The fourth-order valence-corrected chi connectivity index (χ4v) is 2.81. The number of aryl methyl sites for hydroxylation is 1. The lowest BCUT2D eigenvalue weighted by atomic mass is 10.2. The van der Waals surface area contributed by atoms with Gasteiger partial charge in [-0.1, -0.05) is 5.16 Å². The van der Waals surface area contributed by atoms with Crippen LogP contribution in [0.2, 0.25) is 0 Å². The van der Waals surface area contributed by atoms with Crippen molar-refractivity contribution in [2.24, 2.45) is 0 Å². The highest BCUT2D eigenvalue weighted by atomic mass is 19.1. The standard InChI is InChI=1S/C18H21FN4O3/c19-14-8-6-13(7-9-14)18-21-16(26-22-18)5-3-4-15(24)20-12-17(25)23-10-1-2-11-23/h6-9H,1-5,10-12H2,(H,20,24). The molecule has 1 fully saturated rings. The zero-order valence-electron chi connectivity index (χ0n) is 14.4. The van der Waals surface area contributed by atoms with Crippen LogP contribution in [0.25, 0.3) is 11.4 Å². The molecule has 0 unspecified atom stereocenters. The quantitative estimate of drug-likeness (QED) is 0.815. The molecule has 3 rings (SSSR count). The summed E-state index contributed by atoms with van der Waals surface area (Å²) in [5.41, 5.74) is 0.666. The van der Waals surface area contributed by atoms with Gasteiger partial charge in [-0.15, -0.1) is 0 Å². The van der Waals surface area contributed by atoms with Crippen molar-refractivity contribution in [3.63, 3.8) is 0 Å². The van der Waals surface area contributed by atoms with Gasteiger partial charge < -0.3 is 14.7 Å². The molecule has 8 heteroatoms. The summed E-state index contributed by atoms with van der Waals surface area (Å²) in [6, 6.07) is 5.82. The maximum Gasteiger partial charge on any atom is 0.241 e. The van der Waals surface area contributed by atoms with Gasteiger partial charge in [-0.2, -0.15) is 4.98 Å². The third kappa shape index (κ3) is 4.87. The molecule has 1 aliphatic rings. The van der Waals surface area contributed by atoms with Crippen molar-refractivity contribution in [2.45, 2.75) is 32.1 Å². The molecule has 138 valence electrons. The summed E-state index contributed by atoms with van der Waals surface area (Å²) in [6.07, 6.45) is 3.34. The van der Waals surface area contributed by atoms with Crippen LogP contribution in [0.5, 0.6) is 0 Å². The number of rotatable bonds is 7. The largest absolute Gasteiger partial charge is 0.347 e. The molecule has 2 aromatic rings. The zero-order chi connectivity index (χ0) is 18.4. The van der Waals surface area contributed by atoms with E-state index in [1.54, 1.807) is 17.0 Å². The van der Waals surface area contributed by atoms with Crippen molar-refractivity contribution < 1.29 is 18.5 Å². The van der Waals surface area contributed by atoms with Crippen LogP contribution in [0.1, 0.15) is 31.6 Å². The lowest BCUT2D eigenvalue weighted by Crippen LogP contribution is -2.38. The molecule has 1 saturated heterocycles. The molecule has 0 atom stereocenters. The molecule has 0 aliphatic carbocycles. The molecule has 2 amide bonds. The minimum Gasteiger partial charge on any atom is -0.347 e. The van der Waals surface area contributed by atoms with E-state index in [-0.39, 0.29) is 30.6 Å². The third-order valence-corrected chi connectivity index (χ3v) is 4.26. The fourth-order valence-electron chi connectivity index (χ4n) is 2.81. The molecule has 7 nitrogen and oxygen atoms in total. The number of carbonyl (C=O) groups excluding carboxylic acids is 2. The molecule has 2 heterocycles. The molecule has 1 N–H and O–H groups in total. The second-order valence-electron chi connectivity index (χ2n) is 6.24. The van der Waals surface area contributed by atoms with Gasteiger partial charge >= 0.3 is 0 Å². The highest BCUT2D eigenvalue weighted by Crippen LogP contribution is 2.16. The predicted octanol–water partition coefficient (Wildman–Crippen LogP) is 1.94. The van der Waals surface area contributed by atoms with Gasteiger partial charge in [0.1, 0.15) is 5.82 Å². The Morgan fingerprint density at radius 1 is 1.19 bits per heavy atom. The second-order valence-corrected chi connectivity index (χ2v) is 6.24. The molecule has 0 spiro atoms. The second kappa shape index (κ2) is 8.55. The number of halogens is 1. The fraction of sp³-hybridized carbons (Fsp3) is 0.444. The van der Waals surface area contributed by atoms with E-state index in [2.05, 4.69) is 15.5 Å². The minimum absolute atomic E-state index is 0.0308. The van der Waals surface area contributed by atoms with Crippen molar-refractivity contribution in [1.82, 2.24) is 20.4 Å². The van der Waals surface area contributed by atoms with Crippen LogP contribution in [-0.2, 0) is 16.0 Å². The average molecular weight is 360 g/mol. The first-order chi connectivity index (χ1) is 12.6. The summed E-state index contributed by atoms with van der Waals surface area (Å²) in [5, 5.41) is 6.51. The van der Waals surface area contributed by atoms with E-state index in [4.69, 9.17) is 4.52 Å². The van der Waals surface area contributed by atoms with Gasteiger partial charge in [0.15, 0.2) is 0 Å². The van der Waals surface area contributed by atoms with Crippen LogP contribution in [-0.4, -0.2) is 46.5 Å². The molecule has 1 aliphatic heterocycles. The van der Waals surface area contributed by atoms with Crippen molar-refractivity contribution >= 4 is 11.8 Å². The molecule has 26 heavy (non-hydrogen) atoms. The highest BCUT2D eigenvalue weighted by Gasteiger charge is 2.18. The molecular weight excluding hydrogens is 339 g/mol. The Bertz CT molecular complexity index is 754. The monoisotopic (exact) mass is 360 g/mol. The van der Waals surface area contributed by atoms with Crippen LogP contribution >= 0.6 is 0 Å². The van der Waals surface area contributed by atoms with E-state index in [1.807, 2.05) is 0 Å². The highest BCUT2D eigenvalue weighted by molar-refractivity contribution is 5.84. The summed E-state index contributed by atoms with van der Waals surface area (Å²) < 4.78 is 18.1. The average Bonchev–Trinajstić information content (AvgIpc) is 3.32. The smallest absolute Gasteiger partial charge is 0.241 e. The number of hydrogen-bond donors (Lipinski definition) is 1. The number of nitrogens with one attached hydrogen (secondary N) is 1. The normalized spacial score (nSPS) is 13.8. The van der Waals surface area contributed by atoms with Crippen LogP contribution in [0.4, 0.5) is 4.39 Å². The van der Waals surface area contributed by atoms with Crippen LogP contribution < -0.4 is 5.32 Å². The van der Waals surface area contributed by atoms with Gasteiger partial charge in [0.25, 0.3) is 0 Å². The molecule has 1 aromatic carbocycles. The van der Waals surface area contributed by atoms with E-state index >= 15 is 0 Å². The first-order valence-corrected chi connectivity index (χ1v) is 8.75. The van der Waals surface area contributed by atoms with Crippen LogP contribution in [0, 0.1) is 5.82 Å². The summed E-state index contributed by atoms with van der Waals surface area (Å²) in [5.74, 6) is 0.283. The SMILES string of the molecule is O=C(CCCc1nc(-c2ccc(F)cc2)no1)NCC(=O)N1CCCC1. The van der Waals surface area contributed by atoms with E-state index in [1.165, 1.54) is 12.1 Å². The van der Waals surface area contributed by atoms with Crippen molar-refractivity contribution in [3.8, 4) is 11.4 Å². The Morgan fingerprint density at radius 2 is 1.92 bits per heavy atom. The summed E-state index contributed by atoms with van der Waals surface area (Å²) >= 11 is 0. The predicted molar refractivity (Wildman–Crippen MR) is 91.5 cm³/mol. The number of likely N-dealkylation sites (tertiary alicyclic amines) is 1. The van der Waals surface area contributed by atoms with Crippen molar-refractivity contribution in [1.29, 1.82) is 0 Å². The summed E-state index contributed by atoms with van der Waals surface area (Å²) in [7, 11) is 0. The van der Waals surface area contributed by atoms with Crippen molar-refractivity contribution in [2.75, 3.05) is 19.6 Å². The number of carbonyl (C=O) groups is 2. The molecular formula is C18H21FN4O3. The zero-order valence-corrected chi connectivity index (χ0v) is 14.4. The Balaban J connectivity index is 1.38. The van der Waals surface area contributed by atoms with Gasteiger partial charge in [0.2, 0.25) is 23.5 Å². The lowest BCUT2D eigenvalue weighted by molar-refractivity contribution is -0.132. The van der Waals surface area contributed by atoms with Crippen LogP contribution in [0.15, 0.2) is 28.8 Å². The molecule has 0 saturated carbocycles. The Morgan fingerprint density at radius 3 is 2.65 bits per heavy atom. The summed E-state index contributed by atoms with van der Waals surface area (Å²) in [4.78, 5) is 29.7. The first kappa shape index (κ1) is 18.0. The topological polar surface area (TPSA) is 88.3 Å². The lowest BCUT2D eigenvalue weighted by Gasteiger charge is -2.15. The van der Waals surface area contributed by atoms with Gasteiger partial charge in [-0.05, 0) is 43.5 Å². The number of amides is 2. The van der Waals surface area contributed by atoms with E-state index in [0.29, 0.717) is 30.1 Å². The van der Waals surface area contributed by atoms with Crippen LogP contribution in [0.3, 0.4) is 0 Å². The van der Waals surface area contributed by atoms with Crippen molar-refractivity contribution in [3.05, 3.63) is 36.0 Å². The third-order valence-electron chi connectivity index (χ3n) is 4.26. The summed E-state index contributed by atoms with van der Waals surface area (Å²) in [6.45, 7) is 1.61. The Kier molecular flexibility index (Phi) is 5.93. The molecule has 0 radical (unpaired) electrons. The number of aromatic nitrogens is 2. The number of hydrogen-bond acceptors (Lipinski definition) is 5. The van der Waals surface area contributed by atoms with Gasteiger partial charge in [0.05, 0.1) is 6.54 Å². The Labute approximate surface area is 150 Å². The first-order valence-electron chi connectivity index (χ1n) is 8.75. The van der Waals surface area contributed by atoms with E-state index in [0.717, 1.165) is 25.9 Å². The number of benzene rings is 1. The van der Waals surface area contributed by atoms with Gasteiger partial charge in [-0.3, -0.25) is 9.59 Å². The minimum atomic E-state index is -0.327. The van der Waals surface area contributed by atoms with Gasteiger partial charge in [0, 0.05) is 31.5 Å². The van der Waals surface area contributed by atoms with E-state index < -0.39 is 0 Å². The maximum atomic E-state index is 12.9. The van der Waals surface area contributed by atoms with E-state index in [9.17, 15) is 14.0 Å².